The second kappa shape index (κ2) is 4.09. The molecular weight excluding hydrogens is 204 g/mol. The summed E-state index contributed by atoms with van der Waals surface area (Å²) >= 11 is 0. The molecule has 1 heterocycles. The Morgan fingerprint density at radius 1 is 1.62 bits per heavy atom. The first-order valence-corrected chi connectivity index (χ1v) is 5.91. The molecule has 1 aliphatic rings. The van der Waals surface area contributed by atoms with Gasteiger partial charge in [-0.15, -0.1) is 0 Å². The molecule has 0 aliphatic heterocycles. The van der Waals surface area contributed by atoms with Crippen LogP contribution in [0.25, 0.3) is 0 Å². The summed E-state index contributed by atoms with van der Waals surface area (Å²) in [7, 11) is 1.62. The van der Waals surface area contributed by atoms with Crippen molar-refractivity contribution in [2.24, 2.45) is 5.92 Å². The summed E-state index contributed by atoms with van der Waals surface area (Å²) in [6, 6.07) is 0. The second-order valence-electron chi connectivity index (χ2n) is 4.80. The number of aromatic nitrogens is 2. The minimum Gasteiger partial charge on any atom is -0.493 e. The van der Waals surface area contributed by atoms with E-state index in [1.54, 1.807) is 13.3 Å². The van der Waals surface area contributed by atoms with Gasteiger partial charge in [0.25, 0.3) is 0 Å². The minimum atomic E-state index is -0.834. The number of methoxy groups -OCH3 is 1. The van der Waals surface area contributed by atoms with Crippen molar-refractivity contribution in [3.8, 4) is 5.75 Å². The largest absolute Gasteiger partial charge is 0.493 e. The van der Waals surface area contributed by atoms with Crippen molar-refractivity contribution < 1.29 is 9.84 Å². The van der Waals surface area contributed by atoms with E-state index in [4.69, 9.17) is 4.74 Å². The molecule has 1 unspecified atom stereocenters. The van der Waals surface area contributed by atoms with Crippen LogP contribution in [0.4, 0.5) is 0 Å². The summed E-state index contributed by atoms with van der Waals surface area (Å²) in [6.45, 7) is 4.62. The van der Waals surface area contributed by atoms with Crippen molar-refractivity contribution in [2.45, 2.75) is 45.3 Å². The highest BCUT2D eigenvalue weighted by Crippen LogP contribution is 2.42. The molecule has 0 aromatic carbocycles. The van der Waals surface area contributed by atoms with Gasteiger partial charge in [-0.25, -0.2) is 0 Å². The Labute approximate surface area is 96.2 Å². The van der Waals surface area contributed by atoms with Crippen LogP contribution in [-0.4, -0.2) is 22.0 Å². The Balaban J connectivity index is 2.30. The van der Waals surface area contributed by atoms with Gasteiger partial charge in [-0.05, 0) is 26.2 Å². The zero-order valence-electron chi connectivity index (χ0n) is 10.2. The molecule has 1 saturated carbocycles. The predicted molar refractivity (Wildman–Crippen MR) is 61.4 cm³/mol. The van der Waals surface area contributed by atoms with Gasteiger partial charge in [-0.1, -0.05) is 12.8 Å². The second-order valence-corrected chi connectivity index (χ2v) is 4.80. The summed E-state index contributed by atoms with van der Waals surface area (Å²) in [4.78, 5) is 0. The molecule has 0 saturated heterocycles. The van der Waals surface area contributed by atoms with E-state index in [2.05, 4.69) is 5.10 Å². The highest BCUT2D eigenvalue weighted by Gasteiger charge is 2.37. The van der Waals surface area contributed by atoms with Crippen molar-refractivity contribution in [2.75, 3.05) is 7.11 Å². The first-order valence-electron chi connectivity index (χ1n) is 5.91. The predicted octanol–water partition coefficient (Wildman–Crippen LogP) is 1.92. The topological polar surface area (TPSA) is 47.3 Å². The molecule has 90 valence electrons. The van der Waals surface area contributed by atoms with Crippen molar-refractivity contribution in [1.29, 1.82) is 0 Å². The summed E-state index contributed by atoms with van der Waals surface area (Å²) in [5.41, 5.74) is -0.0247. The Kier molecular flexibility index (Phi) is 2.93. The number of aliphatic hydroxyl groups is 1. The van der Waals surface area contributed by atoms with Gasteiger partial charge >= 0.3 is 0 Å². The first kappa shape index (κ1) is 11.5. The van der Waals surface area contributed by atoms with Gasteiger partial charge in [0.1, 0.15) is 11.3 Å². The number of rotatable bonds is 5. The lowest BCUT2D eigenvalue weighted by Gasteiger charge is -2.25. The summed E-state index contributed by atoms with van der Waals surface area (Å²) in [5, 5.41) is 14.8. The molecule has 0 spiro atoms. The third-order valence-corrected chi connectivity index (χ3v) is 3.22. The zero-order chi connectivity index (χ0) is 11.8. The van der Waals surface area contributed by atoms with Gasteiger partial charge in [-0.3, -0.25) is 4.68 Å². The lowest BCUT2D eigenvalue weighted by Crippen LogP contribution is -2.26. The summed E-state index contributed by atoms with van der Waals surface area (Å²) < 4.78 is 7.09. The van der Waals surface area contributed by atoms with E-state index in [1.165, 1.54) is 12.8 Å². The molecule has 1 fully saturated rings. The number of nitrogens with zero attached hydrogens (tertiary/aromatic N) is 2. The smallest absolute Gasteiger partial charge is 0.162 e. The maximum absolute atomic E-state index is 10.6. The molecule has 16 heavy (non-hydrogen) atoms. The van der Waals surface area contributed by atoms with Gasteiger partial charge in [0, 0.05) is 6.54 Å². The van der Waals surface area contributed by atoms with Gasteiger partial charge in [0.05, 0.1) is 13.3 Å². The van der Waals surface area contributed by atoms with Crippen LogP contribution in [0.5, 0.6) is 5.75 Å². The van der Waals surface area contributed by atoms with Crippen molar-refractivity contribution >= 4 is 0 Å². The fourth-order valence-corrected chi connectivity index (χ4v) is 2.28. The Morgan fingerprint density at radius 2 is 2.31 bits per heavy atom. The standard InChI is InChI=1S/C12H20N2O2/c1-4-14-11(10(16-3)8-13-14)12(2,15)7-9-5-6-9/h8-9,15H,4-7H2,1-3H3. The van der Waals surface area contributed by atoms with Crippen LogP contribution in [0.15, 0.2) is 6.20 Å². The quantitative estimate of drug-likeness (QED) is 0.831. The first-order chi connectivity index (χ1) is 7.58. The van der Waals surface area contributed by atoms with Gasteiger partial charge in [0.15, 0.2) is 5.75 Å². The highest BCUT2D eigenvalue weighted by atomic mass is 16.5. The molecule has 0 amide bonds. The molecule has 2 rings (SSSR count). The highest BCUT2D eigenvalue weighted by molar-refractivity contribution is 5.30. The van der Waals surface area contributed by atoms with Crippen molar-refractivity contribution in [3.63, 3.8) is 0 Å². The van der Waals surface area contributed by atoms with Crippen LogP contribution in [0.3, 0.4) is 0 Å². The van der Waals surface area contributed by atoms with Crippen molar-refractivity contribution in [1.82, 2.24) is 9.78 Å². The van der Waals surface area contributed by atoms with E-state index < -0.39 is 5.60 Å². The Morgan fingerprint density at radius 3 is 2.81 bits per heavy atom. The summed E-state index contributed by atoms with van der Waals surface area (Å²) in [5.74, 6) is 1.35. The molecule has 4 nitrogen and oxygen atoms in total. The number of hydrogen-bond acceptors (Lipinski definition) is 3. The molecule has 1 aromatic rings. The third kappa shape index (κ3) is 2.07. The molecule has 1 atom stereocenters. The average Bonchev–Trinajstić information content (AvgIpc) is 2.93. The monoisotopic (exact) mass is 224 g/mol. The van der Waals surface area contributed by atoms with Crippen LogP contribution in [0, 0.1) is 5.92 Å². The average molecular weight is 224 g/mol. The van der Waals surface area contributed by atoms with Crippen LogP contribution in [0.1, 0.15) is 38.8 Å². The molecule has 1 aromatic heterocycles. The lowest BCUT2D eigenvalue weighted by atomic mass is 9.94. The third-order valence-electron chi connectivity index (χ3n) is 3.22. The Hall–Kier alpha value is -1.03. The van der Waals surface area contributed by atoms with Gasteiger partial charge in [-0.2, -0.15) is 5.10 Å². The fraction of sp³-hybridized carbons (Fsp3) is 0.750. The fourth-order valence-electron chi connectivity index (χ4n) is 2.28. The van der Waals surface area contributed by atoms with Gasteiger partial charge < -0.3 is 9.84 Å². The maximum atomic E-state index is 10.6. The van der Waals surface area contributed by atoms with E-state index in [9.17, 15) is 5.11 Å². The SMILES string of the molecule is CCn1ncc(OC)c1C(C)(O)CC1CC1. The minimum absolute atomic E-state index is 0.667. The van der Waals surface area contributed by atoms with E-state index in [1.807, 2.05) is 18.5 Å². The van der Waals surface area contributed by atoms with Crippen molar-refractivity contribution in [3.05, 3.63) is 11.9 Å². The molecule has 4 heteroatoms. The van der Waals surface area contributed by atoms with Crippen LogP contribution >= 0.6 is 0 Å². The molecular formula is C12H20N2O2. The van der Waals surface area contributed by atoms with E-state index in [-0.39, 0.29) is 0 Å². The molecule has 1 aliphatic carbocycles. The Bertz CT molecular complexity index is 346. The molecule has 0 bridgehead atoms. The zero-order valence-corrected chi connectivity index (χ0v) is 10.2. The number of ether oxygens (including phenoxy) is 1. The van der Waals surface area contributed by atoms with E-state index in [0.29, 0.717) is 11.7 Å². The van der Waals surface area contributed by atoms with Gasteiger partial charge in [0.2, 0.25) is 0 Å². The van der Waals surface area contributed by atoms with Crippen LogP contribution in [0.2, 0.25) is 0 Å². The van der Waals surface area contributed by atoms with Crippen LogP contribution in [-0.2, 0) is 12.1 Å². The molecule has 0 radical (unpaired) electrons. The number of hydrogen-bond donors (Lipinski definition) is 1. The van der Waals surface area contributed by atoms with E-state index in [0.717, 1.165) is 18.7 Å². The van der Waals surface area contributed by atoms with Crippen LogP contribution < -0.4 is 4.74 Å². The molecule has 1 N–H and O–H groups in total. The normalized spacial score (nSPS) is 19.5. The summed E-state index contributed by atoms with van der Waals surface area (Å²) in [6.07, 6.45) is 4.95. The number of aryl methyl sites for hydroxylation is 1. The van der Waals surface area contributed by atoms with E-state index >= 15 is 0 Å². The maximum Gasteiger partial charge on any atom is 0.162 e. The lowest BCUT2D eigenvalue weighted by molar-refractivity contribution is 0.0302.